The summed E-state index contributed by atoms with van der Waals surface area (Å²) in [5.41, 5.74) is 9.10. The van der Waals surface area contributed by atoms with E-state index < -0.39 is 0 Å². The molecule has 1 aromatic rings. The average Bonchev–Trinajstić information content (AvgIpc) is 2.58. The maximum absolute atomic E-state index is 11.9. The molecule has 120 valence electrons. The van der Waals surface area contributed by atoms with Crippen molar-refractivity contribution in [2.24, 2.45) is 16.0 Å². The van der Waals surface area contributed by atoms with E-state index in [1.165, 1.54) is 0 Å². The van der Waals surface area contributed by atoms with E-state index in [9.17, 15) is 9.59 Å². The number of carbonyl (C=O) groups excluding carboxylic acids is 2. The van der Waals surface area contributed by atoms with Crippen molar-refractivity contribution in [3.8, 4) is 0 Å². The number of amides is 2. The minimum absolute atomic E-state index is 0.0422. The van der Waals surface area contributed by atoms with Gasteiger partial charge in [0.05, 0.1) is 12.6 Å². The Labute approximate surface area is 134 Å². The first-order chi connectivity index (χ1) is 11.2. The number of anilines is 1. The minimum Gasteiger partial charge on any atom is -0.325 e. The van der Waals surface area contributed by atoms with Crippen LogP contribution in [0.5, 0.6) is 0 Å². The zero-order chi connectivity index (χ0) is 16.2. The third kappa shape index (κ3) is 3.53. The summed E-state index contributed by atoms with van der Waals surface area (Å²) >= 11 is 0. The van der Waals surface area contributed by atoms with Gasteiger partial charge in [0.1, 0.15) is 0 Å². The van der Waals surface area contributed by atoms with Crippen LogP contribution in [0.4, 0.5) is 5.69 Å². The van der Waals surface area contributed by atoms with Gasteiger partial charge in [-0.15, -0.1) is 5.11 Å². The molecule has 0 saturated carbocycles. The Morgan fingerprint density at radius 3 is 2.96 bits per heavy atom. The first kappa shape index (κ1) is 15.6. The zero-order valence-electron chi connectivity index (χ0n) is 12.9. The lowest BCUT2D eigenvalue weighted by Gasteiger charge is -2.25. The van der Waals surface area contributed by atoms with Crippen LogP contribution < -0.4 is 11.1 Å². The summed E-state index contributed by atoms with van der Waals surface area (Å²) in [5, 5.41) is 10.8. The van der Waals surface area contributed by atoms with Gasteiger partial charge in [-0.05, 0) is 49.0 Å². The Kier molecular flexibility index (Phi) is 4.62. The number of nitrogens with zero attached hydrogens (tertiary/aromatic N) is 2. The molecule has 0 spiro atoms. The van der Waals surface area contributed by atoms with Gasteiger partial charge in [0.15, 0.2) is 0 Å². The van der Waals surface area contributed by atoms with Gasteiger partial charge in [-0.25, -0.2) is 0 Å². The SMILES string of the molecule is NCC(=O)Nc1cccc(CC2N=NC(=O)C3=C2CCCC3)c1. The van der Waals surface area contributed by atoms with Crippen LogP contribution in [0.15, 0.2) is 45.6 Å². The molecule has 2 amide bonds. The molecule has 1 atom stereocenters. The molecule has 0 aromatic heterocycles. The van der Waals surface area contributed by atoms with Crippen molar-refractivity contribution in [3.63, 3.8) is 0 Å². The topological polar surface area (TPSA) is 96.9 Å². The fourth-order valence-corrected chi connectivity index (χ4v) is 3.17. The second kappa shape index (κ2) is 6.83. The molecule has 0 radical (unpaired) electrons. The number of azo groups is 1. The van der Waals surface area contributed by atoms with Crippen molar-refractivity contribution in [3.05, 3.63) is 41.0 Å². The third-order valence-corrected chi connectivity index (χ3v) is 4.28. The normalized spacial score (nSPS) is 20.4. The number of rotatable bonds is 4. The first-order valence-electron chi connectivity index (χ1n) is 7.93. The second-order valence-corrected chi connectivity index (χ2v) is 5.90. The predicted molar refractivity (Wildman–Crippen MR) is 87.0 cm³/mol. The van der Waals surface area contributed by atoms with Gasteiger partial charge in [0.2, 0.25) is 5.91 Å². The molecule has 1 unspecified atom stereocenters. The average molecular weight is 312 g/mol. The van der Waals surface area contributed by atoms with E-state index in [1.54, 1.807) is 0 Å². The fourth-order valence-electron chi connectivity index (χ4n) is 3.17. The van der Waals surface area contributed by atoms with E-state index in [4.69, 9.17) is 5.73 Å². The van der Waals surface area contributed by atoms with E-state index in [1.807, 2.05) is 24.3 Å². The second-order valence-electron chi connectivity index (χ2n) is 5.90. The summed E-state index contributed by atoms with van der Waals surface area (Å²) in [4.78, 5) is 23.2. The molecule has 6 nitrogen and oxygen atoms in total. The van der Waals surface area contributed by atoms with Gasteiger partial charge in [0, 0.05) is 17.7 Å². The summed E-state index contributed by atoms with van der Waals surface area (Å²) in [6.07, 6.45) is 4.57. The van der Waals surface area contributed by atoms with Crippen molar-refractivity contribution < 1.29 is 9.59 Å². The lowest BCUT2D eigenvalue weighted by Crippen LogP contribution is -2.23. The van der Waals surface area contributed by atoms with E-state index in [-0.39, 0.29) is 24.4 Å². The molecule has 1 aromatic carbocycles. The Bertz CT molecular complexity index is 694. The maximum Gasteiger partial charge on any atom is 0.291 e. The van der Waals surface area contributed by atoms with Gasteiger partial charge < -0.3 is 11.1 Å². The smallest absolute Gasteiger partial charge is 0.291 e. The molecule has 6 heteroatoms. The number of nitrogens with one attached hydrogen (secondary N) is 1. The van der Waals surface area contributed by atoms with Crippen molar-refractivity contribution in [2.75, 3.05) is 11.9 Å². The standard InChI is InChI=1S/C17H20N4O2/c18-10-16(22)19-12-5-3-4-11(8-12)9-15-13-6-1-2-7-14(13)17(23)21-20-15/h3-5,8,15H,1-2,6-7,9-10,18H2,(H,19,22). The van der Waals surface area contributed by atoms with Crippen molar-refractivity contribution >= 4 is 17.5 Å². The molecular weight excluding hydrogens is 292 g/mol. The molecule has 23 heavy (non-hydrogen) atoms. The van der Waals surface area contributed by atoms with Gasteiger partial charge in [-0.2, -0.15) is 5.11 Å². The monoisotopic (exact) mass is 312 g/mol. The highest BCUT2D eigenvalue weighted by molar-refractivity contribution is 5.95. The summed E-state index contributed by atoms with van der Waals surface area (Å²) in [7, 11) is 0. The highest BCUT2D eigenvalue weighted by Gasteiger charge is 2.28. The lowest BCUT2D eigenvalue weighted by molar-refractivity contribution is -0.116. The highest BCUT2D eigenvalue weighted by atomic mass is 16.2. The third-order valence-electron chi connectivity index (χ3n) is 4.28. The Hall–Kier alpha value is -2.34. The quantitative estimate of drug-likeness (QED) is 0.893. The Balaban J connectivity index is 1.78. The van der Waals surface area contributed by atoms with E-state index in [0.29, 0.717) is 6.42 Å². The van der Waals surface area contributed by atoms with Gasteiger partial charge >= 0.3 is 0 Å². The molecule has 3 N–H and O–H groups in total. The van der Waals surface area contributed by atoms with Crippen LogP contribution in [0.1, 0.15) is 31.2 Å². The summed E-state index contributed by atoms with van der Waals surface area (Å²) in [5.74, 6) is -0.387. The number of hydrogen-bond donors (Lipinski definition) is 2. The molecule has 2 aliphatic rings. The highest BCUT2D eigenvalue weighted by Crippen LogP contribution is 2.33. The van der Waals surface area contributed by atoms with E-state index in [0.717, 1.165) is 48.1 Å². The lowest BCUT2D eigenvalue weighted by atomic mass is 9.84. The maximum atomic E-state index is 11.9. The number of benzene rings is 1. The van der Waals surface area contributed by atoms with E-state index in [2.05, 4.69) is 15.5 Å². The minimum atomic E-state index is -0.220. The van der Waals surface area contributed by atoms with Gasteiger partial charge in [-0.3, -0.25) is 9.59 Å². The Morgan fingerprint density at radius 2 is 2.13 bits per heavy atom. The van der Waals surface area contributed by atoms with Crippen molar-refractivity contribution in [1.82, 2.24) is 0 Å². The first-order valence-corrected chi connectivity index (χ1v) is 7.93. The molecule has 3 rings (SSSR count). The largest absolute Gasteiger partial charge is 0.325 e. The van der Waals surface area contributed by atoms with Crippen molar-refractivity contribution in [2.45, 2.75) is 38.1 Å². The van der Waals surface area contributed by atoms with E-state index >= 15 is 0 Å². The van der Waals surface area contributed by atoms with Gasteiger partial charge in [-0.1, -0.05) is 12.1 Å². The molecular formula is C17H20N4O2. The van der Waals surface area contributed by atoms with Gasteiger partial charge in [0.25, 0.3) is 5.91 Å². The van der Waals surface area contributed by atoms with Crippen molar-refractivity contribution in [1.29, 1.82) is 0 Å². The summed E-state index contributed by atoms with van der Waals surface area (Å²) < 4.78 is 0. The number of hydrogen-bond acceptors (Lipinski definition) is 4. The van der Waals surface area contributed by atoms with Crippen LogP contribution >= 0.6 is 0 Å². The predicted octanol–water partition coefficient (Wildman–Crippen LogP) is 2.36. The van der Waals surface area contributed by atoms with Crippen LogP contribution in [-0.2, 0) is 16.0 Å². The van der Waals surface area contributed by atoms with Crippen LogP contribution in [-0.4, -0.2) is 24.4 Å². The zero-order valence-corrected chi connectivity index (χ0v) is 12.9. The molecule has 0 fully saturated rings. The summed E-state index contributed by atoms with van der Waals surface area (Å²) in [6.45, 7) is -0.0422. The molecule has 1 aliphatic carbocycles. The van der Waals surface area contributed by atoms with Crippen LogP contribution in [0, 0.1) is 0 Å². The number of nitrogens with two attached hydrogens (primary N) is 1. The Morgan fingerprint density at radius 1 is 1.30 bits per heavy atom. The number of carbonyl (C=O) groups is 2. The van der Waals surface area contributed by atoms with Crippen LogP contribution in [0.2, 0.25) is 0 Å². The molecule has 0 saturated heterocycles. The molecule has 0 bridgehead atoms. The fraction of sp³-hybridized carbons (Fsp3) is 0.412. The molecule has 1 aliphatic heterocycles. The molecule has 1 heterocycles. The summed E-state index contributed by atoms with van der Waals surface area (Å²) in [6, 6.07) is 7.57. The van der Waals surface area contributed by atoms with Crippen LogP contribution in [0.25, 0.3) is 0 Å². The van der Waals surface area contributed by atoms with Crippen LogP contribution in [0.3, 0.4) is 0 Å².